The van der Waals surface area contributed by atoms with Crippen molar-refractivity contribution in [1.29, 1.82) is 0 Å². The Morgan fingerprint density at radius 3 is 2.82 bits per heavy atom. The highest BCUT2D eigenvalue weighted by atomic mass is 16.5. The van der Waals surface area contributed by atoms with Crippen molar-refractivity contribution < 1.29 is 14.3 Å². The highest BCUT2D eigenvalue weighted by Crippen LogP contribution is 2.28. The third kappa shape index (κ3) is 3.65. The molecule has 3 aromatic rings. The van der Waals surface area contributed by atoms with Crippen molar-refractivity contribution in [2.45, 2.75) is 38.7 Å². The number of hydrogen-bond donors (Lipinski definition) is 1. The van der Waals surface area contributed by atoms with Crippen molar-refractivity contribution in [2.75, 3.05) is 11.4 Å². The van der Waals surface area contributed by atoms with Gasteiger partial charge in [-0.3, -0.25) is 9.59 Å². The second-order valence-electron chi connectivity index (χ2n) is 7.21. The van der Waals surface area contributed by atoms with E-state index in [2.05, 4.69) is 11.1 Å². The zero-order chi connectivity index (χ0) is 19.5. The molecule has 0 saturated heterocycles. The van der Waals surface area contributed by atoms with Gasteiger partial charge in [-0.25, -0.2) is 0 Å². The Kier molecular flexibility index (Phi) is 5.15. The van der Waals surface area contributed by atoms with Gasteiger partial charge in [-0.15, -0.1) is 0 Å². The van der Waals surface area contributed by atoms with E-state index in [9.17, 15) is 9.59 Å². The quantitative estimate of drug-likeness (QED) is 0.661. The number of carbonyl (C=O) groups excluding carboxylic acids is 2. The molecule has 1 aliphatic rings. The summed E-state index contributed by atoms with van der Waals surface area (Å²) in [6.07, 6.45) is 3.84. The number of nitrogens with one attached hydrogen (secondary N) is 1. The molecule has 1 aromatic heterocycles. The minimum absolute atomic E-state index is 0.157. The zero-order valence-electron chi connectivity index (χ0n) is 16.0. The van der Waals surface area contributed by atoms with E-state index in [1.165, 1.54) is 10.9 Å². The predicted molar refractivity (Wildman–Crippen MR) is 109 cm³/mol. The summed E-state index contributed by atoms with van der Waals surface area (Å²) in [5.74, 6) is -0.483. The van der Waals surface area contributed by atoms with Crippen LogP contribution in [0.25, 0.3) is 10.9 Å². The summed E-state index contributed by atoms with van der Waals surface area (Å²) in [7, 11) is 0. The molecule has 144 valence electrons. The fourth-order valence-electron chi connectivity index (χ4n) is 3.85. The van der Waals surface area contributed by atoms with Gasteiger partial charge in [0.25, 0.3) is 5.91 Å². The minimum Gasteiger partial charge on any atom is -0.453 e. The van der Waals surface area contributed by atoms with Crippen LogP contribution < -0.4 is 4.90 Å². The monoisotopic (exact) mass is 376 g/mol. The zero-order valence-corrected chi connectivity index (χ0v) is 16.0. The fraction of sp³-hybridized carbons (Fsp3) is 0.304. The van der Waals surface area contributed by atoms with Crippen molar-refractivity contribution in [3.8, 4) is 0 Å². The standard InChI is InChI=1S/C23H24N2O3/c1-16(23(27)25-14-13-17-7-2-5-11-21(17)25)28-22(26)12-6-8-18-15-24-20-10-4-3-9-19(18)20/h2-5,7,9-11,15-16,24H,6,8,12-14H2,1H3/t16-/m0/s1. The lowest BCUT2D eigenvalue weighted by atomic mass is 10.1. The molecule has 2 aromatic carbocycles. The molecule has 4 rings (SSSR count). The summed E-state index contributed by atoms with van der Waals surface area (Å²) in [5, 5.41) is 1.19. The number of esters is 1. The van der Waals surface area contributed by atoms with Gasteiger partial charge < -0.3 is 14.6 Å². The lowest BCUT2D eigenvalue weighted by Crippen LogP contribution is -2.39. The molecule has 0 unspecified atom stereocenters. The highest BCUT2D eigenvalue weighted by molar-refractivity contribution is 5.99. The number of ether oxygens (including phenoxy) is 1. The number of para-hydroxylation sites is 2. The van der Waals surface area contributed by atoms with Crippen LogP contribution >= 0.6 is 0 Å². The number of hydrogen-bond acceptors (Lipinski definition) is 3. The van der Waals surface area contributed by atoms with Crippen LogP contribution in [0.4, 0.5) is 5.69 Å². The Labute approximate surface area is 164 Å². The van der Waals surface area contributed by atoms with E-state index >= 15 is 0 Å². The fourth-order valence-corrected chi connectivity index (χ4v) is 3.85. The van der Waals surface area contributed by atoms with Gasteiger partial charge in [0.15, 0.2) is 6.10 Å². The molecule has 0 saturated carbocycles. The Hall–Kier alpha value is -3.08. The van der Waals surface area contributed by atoms with Gasteiger partial charge in [0.2, 0.25) is 0 Å². The molecular weight excluding hydrogens is 352 g/mol. The first kappa shape index (κ1) is 18.3. The lowest BCUT2D eigenvalue weighted by Gasteiger charge is -2.21. The number of nitrogens with zero attached hydrogens (tertiary/aromatic N) is 1. The van der Waals surface area contributed by atoms with Crippen LogP contribution in [0.3, 0.4) is 0 Å². The summed E-state index contributed by atoms with van der Waals surface area (Å²) < 4.78 is 5.41. The molecule has 1 atom stereocenters. The van der Waals surface area contributed by atoms with E-state index in [0.29, 0.717) is 19.4 Å². The van der Waals surface area contributed by atoms with Gasteiger partial charge in [-0.05, 0) is 49.4 Å². The van der Waals surface area contributed by atoms with Crippen molar-refractivity contribution >= 4 is 28.5 Å². The van der Waals surface area contributed by atoms with Gasteiger partial charge in [-0.1, -0.05) is 36.4 Å². The Bertz CT molecular complexity index is 1010. The van der Waals surface area contributed by atoms with E-state index in [0.717, 1.165) is 29.6 Å². The van der Waals surface area contributed by atoms with Crippen LogP contribution in [0, 0.1) is 0 Å². The average Bonchev–Trinajstić information content (AvgIpc) is 3.32. The van der Waals surface area contributed by atoms with Gasteiger partial charge in [-0.2, -0.15) is 0 Å². The number of fused-ring (bicyclic) bond motifs is 2. The van der Waals surface area contributed by atoms with Crippen LogP contribution in [0.1, 0.15) is 30.9 Å². The highest BCUT2D eigenvalue weighted by Gasteiger charge is 2.29. The van der Waals surface area contributed by atoms with E-state index in [1.54, 1.807) is 11.8 Å². The Morgan fingerprint density at radius 1 is 1.14 bits per heavy atom. The molecule has 1 N–H and O–H groups in total. The van der Waals surface area contributed by atoms with E-state index in [-0.39, 0.29) is 11.9 Å². The van der Waals surface area contributed by atoms with Gasteiger partial charge in [0.1, 0.15) is 0 Å². The summed E-state index contributed by atoms with van der Waals surface area (Å²) in [4.78, 5) is 29.9. The third-order valence-corrected chi connectivity index (χ3v) is 5.31. The SMILES string of the molecule is C[C@H](OC(=O)CCCc1c[nH]c2ccccc12)C(=O)N1CCc2ccccc21. The second kappa shape index (κ2) is 7.89. The first-order valence-corrected chi connectivity index (χ1v) is 9.77. The number of aromatic nitrogens is 1. The maximum atomic E-state index is 12.7. The molecule has 0 bridgehead atoms. The van der Waals surface area contributed by atoms with Crippen molar-refractivity contribution in [3.05, 3.63) is 65.9 Å². The smallest absolute Gasteiger partial charge is 0.306 e. The first-order valence-electron chi connectivity index (χ1n) is 9.77. The summed E-state index contributed by atoms with van der Waals surface area (Å²) >= 11 is 0. The summed E-state index contributed by atoms with van der Waals surface area (Å²) in [5.41, 5.74) is 4.38. The molecule has 1 aliphatic heterocycles. The molecule has 0 spiro atoms. The third-order valence-electron chi connectivity index (χ3n) is 5.31. The molecule has 0 radical (unpaired) electrons. The first-order chi connectivity index (χ1) is 13.6. The number of aryl methyl sites for hydroxylation is 1. The number of benzene rings is 2. The molecule has 5 heteroatoms. The number of H-pyrrole nitrogens is 1. The number of carbonyl (C=O) groups is 2. The topological polar surface area (TPSA) is 62.4 Å². The molecule has 28 heavy (non-hydrogen) atoms. The Balaban J connectivity index is 1.28. The number of anilines is 1. The molecule has 5 nitrogen and oxygen atoms in total. The van der Waals surface area contributed by atoms with E-state index < -0.39 is 6.10 Å². The van der Waals surface area contributed by atoms with Crippen LogP contribution in [0.5, 0.6) is 0 Å². The minimum atomic E-state index is -0.772. The van der Waals surface area contributed by atoms with Gasteiger partial charge in [0.05, 0.1) is 0 Å². The Morgan fingerprint density at radius 2 is 1.93 bits per heavy atom. The average molecular weight is 376 g/mol. The molecule has 0 aliphatic carbocycles. The van der Waals surface area contributed by atoms with Crippen LogP contribution in [0.15, 0.2) is 54.7 Å². The number of amides is 1. The molecule has 0 fully saturated rings. The molecule has 2 heterocycles. The lowest BCUT2D eigenvalue weighted by molar-refractivity contribution is -0.153. The van der Waals surface area contributed by atoms with Crippen molar-refractivity contribution in [1.82, 2.24) is 4.98 Å². The maximum Gasteiger partial charge on any atom is 0.306 e. The van der Waals surface area contributed by atoms with Gasteiger partial charge >= 0.3 is 5.97 Å². The normalized spacial score (nSPS) is 14.1. The van der Waals surface area contributed by atoms with Crippen molar-refractivity contribution in [3.63, 3.8) is 0 Å². The largest absolute Gasteiger partial charge is 0.453 e. The van der Waals surface area contributed by atoms with Crippen molar-refractivity contribution in [2.24, 2.45) is 0 Å². The number of rotatable bonds is 6. The predicted octanol–water partition coefficient (Wildman–Crippen LogP) is 4.01. The molecular formula is C23H24N2O3. The summed E-state index contributed by atoms with van der Waals surface area (Å²) in [6, 6.07) is 16.0. The summed E-state index contributed by atoms with van der Waals surface area (Å²) in [6.45, 7) is 2.29. The van der Waals surface area contributed by atoms with E-state index in [1.807, 2.05) is 48.7 Å². The van der Waals surface area contributed by atoms with Crippen LogP contribution in [0.2, 0.25) is 0 Å². The maximum absolute atomic E-state index is 12.7. The van der Waals surface area contributed by atoms with Crippen LogP contribution in [-0.2, 0) is 27.2 Å². The van der Waals surface area contributed by atoms with E-state index in [4.69, 9.17) is 4.74 Å². The van der Waals surface area contributed by atoms with Gasteiger partial charge in [0, 0.05) is 35.8 Å². The van der Waals surface area contributed by atoms with Crippen LogP contribution in [-0.4, -0.2) is 29.5 Å². The molecule has 1 amide bonds. The number of aromatic amines is 1. The second-order valence-corrected chi connectivity index (χ2v) is 7.21.